The summed E-state index contributed by atoms with van der Waals surface area (Å²) in [7, 11) is 3.08. The van der Waals surface area contributed by atoms with E-state index in [-0.39, 0.29) is 26.4 Å². The van der Waals surface area contributed by atoms with E-state index in [1.165, 1.54) is 7.11 Å². The van der Waals surface area contributed by atoms with E-state index in [1.54, 1.807) is 27.0 Å². The largest absolute Gasteiger partial charge is 0.385 e. The quantitative estimate of drug-likeness (QED) is 0.217. The normalized spacial score (nSPS) is 33.3. The molecule has 0 saturated carbocycles. The maximum absolute atomic E-state index is 11.8. The first-order chi connectivity index (χ1) is 24.8. The van der Waals surface area contributed by atoms with Crippen molar-refractivity contribution in [3.05, 3.63) is 120 Å². The highest BCUT2D eigenvalue weighted by Gasteiger charge is 2.60. The van der Waals surface area contributed by atoms with Gasteiger partial charge >= 0.3 is 0 Å². The number of ether oxygens (including phenoxy) is 10. The molecule has 0 unspecified atom stereocenters. The minimum Gasteiger partial charge on any atom is -0.385 e. The molecular weight excluding hydrogens is 656 g/mol. The summed E-state index contributed by atoms with van der Waals surface area (Å²) < 4.78 is 63.5. The van der Waals surface area contributed by atoms with Gasteiger partial charge in [0.15, 0.2) is 18.4 Å². The van der Waals surface area contributed by atoms with Crippen molar-refractivity contribution in [2.45, 2.75) is 100 Å². The maximum Gasteiger partial charge on any atom is 0.187 e. The van der Waals surface area contributed by atoms with Gasteiger partial charge in [-0.3, -0.25) is 0 Å². The lowest BCUT2D eigenvalue weighted by molar-refractivity contribution is -0.420. The zero-order chi connectivity index (χ0) is 35.8. The third-order valence-corrected chi connectivity index (χ3v) is 9.48. The van der Waals surface area contributed by atoms with Crippen molar-refractivity contribution in [1.29, 1.82) is 0 Å². The summed E-state index contributed by atoms with van der Waals surface area (Å²) in [5.74, 6) is -0.933. The van der Waals surface area contributed by atoms with Gasteiger partial charge in [0.05, 0.1) is 33.0 Å². The Morgan fingerprint density at radius 3 is 1.84 bits per heavy atom. The van der Waals surface area contributed by atoms with Gasteiger partial charge in [-0.2, -0.15) is 0 Å². The number of benzene rings is 3. The topological polar surface area (TPSA) is 113 Å². The monoisotopic (exact) mass is 706 g/mol. The number of aliphatic hydroxyl groups is 1. The lowest BCUT2D eigenvalue weighted by atomic mass is 9.85. The van der Waals surface area contributed by atoms with Crippen LogP contribution in [0.25, 0.3) is 0 Å². The van der Waals surface area contributed by atoms with Crippen LogP contribution < -0.4 is 0 Å². The second-order valence-corrected chi connectivity index (χ2v) is 13.5. The molecule has 276 valence electrons. The van der Waals surface area contributed by atoms with Crippen molar-refractivity contribution < 1.29 is 52.5 Å². The van der Waals surface area contributed by atoms with Gasteiger partial charge in [0.25, 0.3) is 0 Å². The van der Waals surface area contributed by atoms with Crippen LogP contribution in [0.3, 0.4) is 0 Å². The van der Waals surface area contributed by atoms with Crippen molar-refractivity contribution >= 4 is 0 Å². The molecule has 11 nitrogen and oxygen atoms in total. The lowest BCUT2D eigenvalue weighted by Gasteiger charge is -2.56. The summed E-state index contributed by atoms with van der Waals surface area (Å²) in [5, 5.41) is 11.8. The molecule has 51 heavy (non-hydrogen) atoms. The molecule has 0 bridgehead atoms. The highest BCUT2D eigenvalue weighted by Crippen LogP contribution is 2.43. The Bertz CT molecular complexity index is 1490. The molecular formula is C40H50O11. The Morgan fingerprint density at radius 1 is 0.725 bits per heavy atom. The van der Waals surface area contributed by atoms with E-state index in [4.69, 9.17) is 47.4 Å². The van der Waals surface area contributed by atoms with Crippen molar-refractivity contribution in [2.75, 3.05) is 27.4 Å². The number of methoxy groups -OCH3 is 2. The van der Waals surface area contributed by atoms with Crippen molar-refractivity contribution in [3.8, 4) is 0 Å². The molecule has 3 heterocycles. The first kappa shape index (κ1) is 37.7. The minimum absolute atomic E-state index is 0.105. The standard InChI is InChI=1S/C40H50O11/c1-6-40-26-47-39(2,3)50-36(40)33(42-4)31(41)37(51-40)49-32-30(25-44-22-27-16-10-7-11-17-27)48-38(43-5)35(46-24-29-20-14-9-15-21-29)34(32)45-23-28-18-12-8-13-19-28/h6-21,30-38,41H,1,22-26H2,2-5H3/t30-,31-,32-,33-,34+,35-,36+,37-,38+,40-/m1/s1. The summed E-state index contributed by atoms with van der Waals surface area (Å²) in [5.41, 5.74) is 1.74. The SMILES string of the molecule is C=C[C@@]12COC(C)(C)O[C@H]1[C@H](OC)[C@@H](O)[C@H](O[C@H]1[C@H](OCc3ccccc3)[C@@H](OCc3ccccc3)[C@@H](OC)O[C@@H]1COCc1ccccc1)O2. The lowest BCUT2D eigenvalue weighted by Crippen LogP contribution is -2.72. The van der Waals surface area contributed by atoms with E-state index < -0.39 is 66.7 Å². The van der Waals surface area contributed by atoms with Crippen LogP contribution in [0.1, 0.15) is 30.5 Å². The number of rotatable bonds is 15. The van der Waals surface area contributed by atoms with Crippen LogP contribution in [0.4, 0.5) is 0 Å². The molecule has 3 aliphatic rings. The Labute approximate surface area is 300 Å². The molecule has 0 aliphatic carbocycles. The van der Waals surface area contributed by atoms with E-state index in [2.05, 4.69) is 6.58 Å². The molecule has 3 aromatic carbocycles. The fourth-order valence-electron chi connectivity index (χ4n) is 6.76. The van der Waals surface area contributed by atoms with Gasteiger partial charge in [0.1, 0.15) is 48.3 Å². The zero-order valence-electron chi connectivity index (χ0n) is 29.7. The van der Waals surface area contributed by atoms with Gasteiger partial charge < -0.3 is 52.5 Å². The van der Waals surface area contributed by atoms with Crippen molar-refractivity contribution in [3.63, 3.8) is 0 Å². The van der Waals surface area contributed by atoms with Gasteiger partial charge in [-0.1, -0.05) is 97.1 Å². The molecule has 6 rings (SSSR count). The van der Waals surface area contributed by atoms with Crippen LogP contribution in [0.5, 0.6) is 0 Å². The van der Waals surface area contributed by atoms with Crippen LogP contribution in [-0.2, 0) is 67.2 Å². The molecule has 0 spiro atoms. The van der Waals surface area contributed by atoms with E-state index in [1.807, 2.05) is 91.0 Å². The van der Waals surface area contributed by atoms with Gasteiger partial charge in [-0.15, -0.1) is 6.58 Å². The Kier molecular flexibility index (Phi) is 12.7. The van der Waals surface area contributed by atoms with Gasteiger partial charge in [0.2, 0.25) is 0 Å². The highest BCUT2D eigenvalue weighted by molar-refractivity contribution is 5.16. The van der Waals surface area contributed by atoms with Gasteiger partial charge in [0, 0.05) is 14.2 Å². The number of aliphatic hydroxyl groups excluding tert-OH is 1. The summed E-state index contributed by atoms with van der Waals surface area (Å²) in [6.07, 6.45) is -6.44. The van der Waals surface area contributed by atoms with Crippen molar-refractivity contribution in [1.82, 2.24) is 0 Å². The molecule has 3 aromatic rings. The molecule has 1 N–H and O–H groups in total. The number of hydrogen-bond donors (Lipinski definition) is 1. The van der Waals surface area contributed by atoms with Gasteiger partial charge in [-0.05, 0) is 30.5 Å². The molecule has 11 heteroatoms. The van der Waals surface area contributed by atoms with Crippen LogP contribution in [0, 0.1) is 0 Å². The van der Waals surface area contributed by atoms with Crippen molar-refractivity contribution in [2.24, 2.45) is 0 Å². The average Bonchev–Trinajstić information content (AvgIpc) is 3.15. The third kappa shape index (κ3) is 8.95. The summed E-state index contributed by atoms with van der Waals surface area (Å²) in [4.78, 5) is 0. The average molecular weight is 707 g/mol. The molecule has 0 amide bonds. The predicted molar refractivity (Wildman–Crippen MR) is 186 cm³/mol. The van der Waals surface area contributed by atoms with Crippen LogP contribution in [-0.4, -0.2) is 99.2 Å². The molecule has 0 radical (unpaired) electrons. The number of fused-ring (bicyclic) bond motifs is 1. The fourth-order valence-corrected chi connectivity index (χ4v) is 6.76. The van der Waals surface area contributed by atoms with Crippen LogP contribution in [0.15, 0.2) is 104 Å². The molecule has 3 saturated heterocycles. The third-order valence-electron chi connectivity index (χ3n) is 9.48. The maximum atomic E-state index is 11.8. The van der Waals surface area contributed by atoms with Crippen LogP contribution in [0.2, 0.25) is 0 Å². The summed E-state index contributed by atoms with van der Waals surface area (Å²) in [6, 6.07) is 29.5. The smallest absolute Gasteiger partial charge is 0.187 e. The first-order valence-corrected chi connectivity index (χ1v) is 17.4. The van der Waals surface area contributed by atoms with E-state index in [9.17, 15) is 5.11 Å². The predicted octanol–water partition coefficient (Wildman–Crippen LogP) is 4.94. The van der Waals surface area contributed by atoms with E-state index in [0.717, 1.165) is 16.7 Å². The number of hydrogen-bond acceptors (Lipinski definition) is 11. The van der Waals surface area contributed by atoms with Crippen LogP contribution >= 0.6 is 0 Å². The zero-order valence-corrected chi connectivity index (χ0v) is 29.7. The van der Waals surface area contributed by atoms with E-state index in [0.29, 0.717) is 6.61 Å². The first-order valence-electron chi connectivity index (χ1n) is 17.4. The summed E-state index contributed by atoms with van der Waals surface area (Å²) >= 11 is 0. The molecule has 0 aromatic heterocycles. The fraction of sp³-hybridized carbons (Fsp3) is 0.500. The highest BCUT2D eigenvalue weighted by atomic mass is 16.8. The summed E-state index contributed by atoms with van der Waals surface area (Å²) in [6.45, 7) is 8.72. The minimum atomic E-state index is -1.27. The Morgan fingerprint density at radius 2 is 1.29 bits per heavy atom. The Balaban J connectivity index is 1.33. The van der Waals surface area contributed by atoms with Gasteiger partial charge in [-0.25, -0.2) is 0 Å². The Hall–Kier alpha value is -3.04. The second kappa shape index (κ2) is 17.2. The molecule has 10 atom stereocenters. The molecule has 3 aliphatic heterocycles. The molecule has 3 fully saturated rings. The van der Waals surface area contributed by atoms with E-state index >= 15 is 0 Å². The second-order valence-electron chi connectivity index (χ2n) is 13.5.